The molecule has 0 fully saturated rings. The zero-order valence-electron chi connectivity index (χ0n) is 28.2. The van der Waals surface area contributed by atoms with Crippen LogP contribution in [0.3, 0.4) is 0 Å². The van der Waals surface area contributed by atoms with Gasteiger partial charge in [-0.25, -0.2) is 0 Å². The van der Waals surface area contributed by atoms with Gasteiger partial charge < -0.3 is 57.8 Å². The third kappa shape index (κ3) is 41.0. The Balaban J connectivity index is 3.09. The highest BCUT2D eigenvalue weighted by Crippen LogP contribution is 2.08. The van der Waals surface area contributed by atoms with Crippen molar-refractivity contribution in [3.05, 3.63) is 0 Å². The molecule has 0 unspecified atom stereocenters. The number of carbonyl (C=O) groups excluding carboxylic acids is 1. The second kappa shape index (κ2) is 41.1. The fraction of sp³-hybridized carbons (Fsp3) is 0.969. The van der Waals surface area contributed by atoms with E-state index >= 15 is 0 Å². The van der Waals surface area contributed by atoms with Crippen molar-refractivity contribution < 1.29 is 56.9 Å². The van der Waals surface area contributed by atoms with Crippen LogP contribution in [0.2, 0.25) is 0 Å². The van der Waals surface area contributed by atoms with E-state index in [2.05, 4.69) is 6.92 Å². The maximum Gasteiger partial charge on any atom is 0.305 e. The van der Waals surface area contributed by atoms with Crippen LogP contribution in [0, 0.1) is 0 Å². The molecule has 0 atom stereocenters. The summed E-state index contributed by atoms with van der Waals surface area (Å²) in [4.78, 5) is 11.7. The van der Waals surface area contributed by atoms with Gasteiger partial charge in [0, 0.05) is 13.0 Å². The molecule has 0 aromatic carbocycles. The number of hydrogen-bond donors (Lipinski definition) is 1. The standard InChI is InChI=1S/C32H65NO12/c1-2-3-4-5-6-7-8-9-32(34)45-31-30-44-29-28-43-27-26-42-25-24-41-23-22-40-21-20-39-19-18-38-17-16-37-15-14-36-13-12-35-11-10-33/h2-31,33H2,1H3. The van der Waals surface area contributed by atoms with Gasteiger partial charge in [0.15, 0.2) is 0 Å². The highest BCUT2D eigenvalue weighted by molar-refractivity contribution is 5.69. The maximum atomic E-state index is 11.7. The van der Waals surface area contributed by atoms with E-state index in [0.717, 1.165) is 12.8 Å². The smallest absolute Gasteiger partial charge is 0.305 e. The molecule has 0 radical (unpaired) electrons. The fourth-order valence-electron chi connectivity index (χ4n) is 3.68. The molecule has 0 aliphatic heterocycles. The molecule has 0 aliphatic rings. The topological polar surface area (TPSA) is 145 Å². The fourth-order valence-corrected chi connectivity index (χ4v) is 3.68. The molecular weight excluding hydrogens is 590 g/mol. The average molecular weight is 656 g/mol. The lowest BCUT2D eigenvalue weighted by Gasteiger charge is -2.09. The van der Waals surface area contributed by atoms with Crippen molar-refractivity contribution in [2.75, 3.05) is 145 Å². The van der Waals surface area contributed by atoms with Crippen LogP contribution in [0.1, 0.15) is 58.3 Å². The van der Waals surface area contributed by atoms with Crippen LogP contribution in [-0.4, -0.2) is 151 Å². The van der Waals surface area contributed by atoms with Gasteiger partial charge in [0.25, 0.3) is 0 Å². The first kappa shape index (κ1) is 44.0. The van der Waals surface area contributed by atoms with E-state index in [0.29, 0.717) is 145 Å². The Kier molecular flexibility index (Phi) is 40.2. The van der Waals surface area contributed by atoms with Gasteiger partial charge in [-0.2, -0.15) is 0 Å². The molecule has 0 spiro atoms. The predicted octanol–water partition coefficient (Wildman–Crippen LogP) is 2.80. The van der Waals surface area contributed by atoms with Crippen LogP contribution >= 0.6 is 0 Å². The van der Waals surface area contributed by atoms with Gasteiger partial charge in [0.1, 0.15) is 6.61 Å². The molecule has 0 aromatic heterocycles. The van der Waals surface area contributed by atoms with Gasteiger partial charge >= 0.3 is 5.97 Å². The molecule has 270 valence electrons. The lowest BCUT2D eigenvalue weighted by molar-refractivity contribution is -0.145. The summed E-state index contributed by atoms with van der Waals surface area (Å²) in [5.41, 5.74) is 5.33. The Bertz CT molecular complexity index is 562. The van der Waals surface area contributed by atoms with Gasteiger partial charge in [-0.15, -0.1) is 0 Å². The number of hydrogen-bond acceptors (Lipinski definition) is 13. The summed E-state index contributed by atoms with van der Waals surface area (Å²) >= 11 is 0. The zero-order valence-corrected chi connectivity index (χ0v) is 28.2. The molecule has 0 amide bonds. The van der Waals surface area contributed by atoms with Crippen LogP contribution in [0.4, 0.5) is 0 Å². The molecule has 0 rings (SSSR count). The van der Waals surface area contributed by atoms with E-state index in [1.165, 1.54) is 32.1 Å². The van der Waals surface area contributed by atoms with Crippen LogP contribution in [0.25, 0.3) is 0 Å². The van der Waals surface area contributed by atoms with Crippen molar-refractivity contribution in [1.29, 1.82) is 0 Å². The molecule has 13 heteroatoms. The minimum atomic E-state index is -0.140. The van der Waals surface area contributed by atoms with Crippen LogP contribution in [0.15, 0.2) is 0 Å². The Hall–Kier alpha value is -0.970. The van der Waals surface area contributed by atoms with E-state index in [1.54, 1.807) is 0 Å². The maximum absolute atomic E-state index is 11.7. The lowest BCUT2D eigenvalue weighted by Crippen LogP contribution is -2.16. The summed E-state index contributed by atoms with van der Waals surface area (Å²) in [6, 6.07) is 0. The summed E-state index contributed by atoms with van der Waals surface area (Å²) in [6.45, 7) is 13.1. The molecule has 0 bridgehead atoms. The van der Waals surface area contributed by atoms with Gasteiger partial charge in [-0.3, -0.25) is 4.79 Å². The Morgan fingerprint density at radius 1 is 0.378 bits per heavy atom. The quantitative estimate of drug-likeness (QED) is 0.0764. The second-order valence-electron chi connectivity index (χ2n) is 10.0. The third-order valence-electron chi connectivity index (χ3n) is 6.09. The minimum Gasteiger partial charge on any atom is -0.463 e. The summed E-state index contributed by atoms with van der Waals surface area (Å²) < 4.78 is 59.4. The van der Waals surface area contributed by atoms with Crippen molar-refractivity contribution in [3.8, 4) is 0 Å². The summed E-state index contributed by atoms with van der Waals surface area (Å²) in [5.74, 6) is -0.140. The normalized spacial score (nSPS) is 11.4. The third-order valence-corrected chi connectivity index (χ3v) is 6.09. The van der Waals surface area contributed by atoms with Crippen molar-refractivity contribution in [2.24, 2.45) is 5.73 Å². The molecule has 0 saturated heterocycles. The molecule has 0 aliphatic carbocycles. The van der Waals surface area contributed by atoms with Gasteiger partial charge in [-0.1, -0.05) is 45.4 Å². The summed E-state index contributed by atoms with van der Waals surface area (Å²) in [7, 11) is 0. The van der Waals surface area contributed by atoms with E-state index < -0.39 is 0 Å². The SMILES string of the molecule is CCCCCCCCCC(=O)OCCOCCOCCOCCOCCOCCOCCOCCOCCOCCOCCN. The Morgan fingerprint density at radius 3 is 0.956 bits per heavy atom. The van der Waals surface area contributed by atoms with E-state index in [4.69, 9.17) is 57.8 Å². The van der Waals surface area contributed by atoms with Crippen molar-refractivity contribution in [3.63, 3.8) is 0 Å². The number of esters is 1. The Morgan fingerprint density at radius 2 is 0.644 bits per heavy atom. The average Bonchev–Trinajstić information content (AvgIpc) is 3.05. The van der Waals surface area contributed by atoms with Crippen LogP contribution < -0.4 is 5.73 Å². The Labute approximate surface area is 272 Å². The number of unbranched alkanes of at least 4 members (excludes halogenated alkanes) is 6. The molecular formula is C32H65NO12. The first-order valence-corrected chi connectivity index (χ1v) is 16.9. The monoisotopic (exact) mass is 655 g/mol. The molecule has 2 N–H and O–H groups in total. The molecule has 13 nitrogen and oxygen atoms in total. The van der Waals surface area contributed by atoms with Crippen molar-refractivity contribution >= 4 is 5.97 Å². The number of rotatable bonds is 40. The highest BCUT2D eigenvalue weighted by atomic mass is 16.6. The predicted molar refractivity (Wildman–Crippen MR) is 171 cm³/mol. The number of ether oxygens (including phenoxy) is 11. The summed E-state index contributed by atoms with van der Waals surface area (Å²) in [5, 5.41) is 0. The summed E-state index contributed by atoms with van der Waals surface area (Å²) in [6.07, 6.45) is 8.80. The molecule has 0 saturated carbocycles. The van der Waals surface area contributed by atoms with Gasteiger partial charge in [-0.05, 0) is 6.42 Å². The first-order valence-electron chi connectivity index (χ1n) is 16.9. The zero-order chi connectivity index (χ0) is 32.6. The molecule has 0 aromatic rings. The van der Waals surface area contributed by atoms with Crippen LogP contribution in [0.5, 0.6) is 0 Å². The number of nitrogens with two attached hydrogens (primary N) is 1. The first-order chi connectivity index (χ1) is 22.3. The minimum absolute atomic E-state index is 0.140. The van der Waals surface area contributed by atoms with E-state index in [-0.39, 0.29) is 12.6 Å². The van der Waals surface area contributed by atoms with E-state index in [9.17, 15) is 4.79 Å². The largest absolute Gasteiger partial charge is 0.463 e. The van der Waals surface area contributed by atoms with Crippen molar-refractivity contribution in [1.82, 2.24) is 0 Å². The molecule has 0 heterocycles. The highest BCUT2D eigenvalue weighted by Gasteiger charge is 2.02. The number of carbonyl (C=O) groups is 1. The second-order valence-corrected chi connectivity index (χ2v) is 10.0. The van der Waals surface area contributed by atoms with Gasteiger partial charge in [0.05, 0.1) is 132 Å². The molecule has 45 heavy (non-hydrogen) atoms. The van der Waals surface area contributed by atoms with Crippen molar-refractivity contribution in [2.45, 2.75) is 58.3 Å². The van der Waals surface area contributed by atoms with E-state index in [1.807, 2.05) is 0 Å². The van der Waals surface area contributed by atoms with Crippen LogP contribution in [-0.2, 0) is 56.9 Å². The lowest BCUT2D eigenvalue weighted by atomic mass is 10.1. The van der Waals surface area contributed by atoms with Gasteiger partial charge in [0.2, 0.25) is 0 Å².